The van der Waals surface area contributed by atoms with Gasteiger partial charge in [0.2, 0.25) is 0 Å². The molecule has 3 rings (SSSR count). The maximum Gasteiger partial charge on any atom is 0.137 e. The zero-order chi connectivity index (χ0) is 14.7. The summed E-state index contributed by atoms with van der Waals surface area (Å²) in [7, 11) is 0.388. The first-order valence-corrected chi connectivity index (χ1v) is 8.68. The Morgan fingerprint density at radius 2 is 1.86 bits per heavy atom. The molecule has 1 aliphatic rings. The summed E-state index contributed by atoms with van der Waals surface area (Å²) in [6.45, 7) is 0. The summed E-state index contributed by atoms with van der Waals surface area (Å²) in [4.78, 5) is 0.765. The third-order valence-electron chi connectivity index (χ3n) is 4.13. The first-order valence-electron chi connectivity index (χ1n) is 7.53. The molecule has 4 heteroatoms. The van der Waals surface area contributed by atoms with Crippen LogP contribution in [0.25, 0.3) is 10.8 Å². The molecule has 0 aliphatic heterocycles. The predicted octanol–water partition coefficient (Wildman–Crippen LogP) is 3.79. The van der Waals surface area contributed by atoms with Gasteiger partial charge in [-0.2, -0.15) is 0 Å². The molecule has 1 saturated carbocycles. The number of hydrogen-bond acceptors (Lipinski definition) is 2. The van der Waals surface area contributed by atoms with Crippen molar-refractivity contribution in [3.63, 3.8) is 0 Å². The van der Waals surface area contributed by atoms with Crippen LogP contribution in [0.4, 0.5) is 0 Å². The van der Waals surface area contributed by atoms with E-state index in [4.69, 9.17) is 4.74 Å². The average molecular weight is 303 g/mol. The Morgan fingerprint density at radius 3 is 2.62 bits per heavy atom. The molecule has 3 nitrogen and oxygen atoms in total. The van der Waals surface area contributed by atoms with Gasteiger partial charge in [-0.3, -0.25) is 0 Å². The fourth-order valence-corrected chi connectivity index (χ4v) is 4.38. The number of methoxy groups -OCH3 is 1. The molecular formula is C17H21NO2S. The molecule has 0 amide bonds. The zero-order valence-corrected chi connectivity index (χ0v) is 13.1. The number of benzene rings is 2. The average Bonchev–Trinajstić information content (AvgIpc) is 2.54. The van der Waals surface area contributed by atoms with E-state index in [0.29, 0.717) is 11.8 Å². The minimum absolute atomic E-state index is 0.350. The van der Waals surface area contributed by atoms with E-state index in [2.05, 4.69) is 4.72 Å². The lowest BCUT2D eigenvalue weighted by molar-refractivity contribution is 0.402. The summed E-state index contributed by atoms with van der Waals surface area (Å²) >= 11 is 0. The molecule has 0 spiro atoms. The van der Waals surface area contributed by atoms with Crippen molar-refractivity contribution in [2.75, 3.05) is 7.11 Å². The van der Waals surface area contributed by atoms with E-state index in [0.717, 1.165) is 28.5 Å². The van der Waals surface area contributed by atoms with E-state index >= 15 is 0 Å². The van der Waals surface area contributed by atoms with E-state index in [1.165, 1.54) is 19.3 Å². The topological polar surface area (TPSA) is 38.3 Å². The van der Waals surface area contributed by atoms with Crippen LogP contribution in [0, 0.1) is 0 Å². The van der Waals surface area contributed by atoms with Crippen LogP contribution in [-0.2, 0) is 11.0 Å². The molecule has 2 aromatic carbocycles. The second kappa shape index (κ2) is 6.58. The standard InChI is InChI=1S/C17H21NO2S/c1-20-16-12-11-13-7-5-6-10-15(13)17(16)21(19)18-14-8-3-2-4-9-14/h5-7,10-12,14,18H,2-4,8-9H2,1H3. The molecule has 0 saturated heterocycles. The van der Waals surface area contributed by atoms with Crippen molar-refractivity contribution in [2.24, 2.45) is 0 Å². The molecule has 112 valence electrons. The second-order valence-electron chi connectivity index (χ2n) is 5.54. The highest BCUT2D eigenvalue weighted by atomic mass is 32.2. The number of hydrogen-bond donors (Lipinski definition) is 1. The van der Waals surface area contributed by atoms with E-state index in [-0.39, 0.29) is 0 Å². The van der Waals surface area contributed by atoms with E-state index < -0.39 is 11.0 Å². The van der Waals surface area contributed by atoms with Crippen LogP contribution in [0.2, 0.25) is 0 Å². The molecule has 0 aromatic heterocycles. The lowest BCUT2D eigenvalue weighted by Crippen LogP contribution is -2.32. The molecule has 2 aromatic rings. The summed E-state index contributed by atoms with van der Waals surface area (Å²) in [5, 5.41) is 2.09. The molecular weight excluding hydrogens is 282 g/mol. The van der Waals surface area contributed by atoms with Crippen LogP contribution >= 0.6 is 0 Å². The van der Waals surface area contributed by atoms with Crippen LogP contribution in [-0.4, -0.2) is 17.4 Å². The van der Waals surface area contributed by atoms with Crippen LogP contribution < -0.4 is 9.46 Å². The molecule has 21 heavy (non-hydrogen) atoms. The Labute approximate surface area is 128 Å². The molecule has 0 radical (unpaired) electrons. The molecule has 1 unspecified atom stereocenters. The van der Waals surface area contributed by atoms with Gasteiger partial charge in [0.15, 0.2) is 0 Å². The Balaban J connectivity index is 1.95. The summed E-state index contributed by atoms with van der Waals surface area (Å²) in [5.74, 6) is 0.690. The summed E-state index contributed by atoms with van der Waals surface area (Å²) in [6.07, 6.45) is 5.96. The summed E-state index contributed by atoms with van der Waals surface area (Å²) in [6, 6.07) is 12.3. The van der Waals surface area contributed by atoms with Crippen molar-refractivity contribution < 1.29 is 8.95 Å². The largest absolute Gasteiger partial charge is 0.495 e. The molecule has 0 heterocycles. The Morgan fingerprint density at radius 1 is 1.10 bits per heavy atom. The highest BCUT2D eigenvalue weighted by molar-refractivity contribution is 7.83. The van der Waals surface area contributed by atoms with E-state index in [1.807, 2.05) is 36.4 Å². The van der Waals surface area contributed by atoms with Crippen molar-refractivity contribution in [1.29, 1.82) is 0 Å². The first-order chi connectivity index (χ1) is 10.3. The van der Waals surface area contributed by atoms with Crippen molar-refractivity contribution >= 4 is 21.8 Å². The smallest absolute Gasteiger partial charge is 0.137 e. The van der Waals surface area contributed by atoms with Gasteiger partial charge in [-0.15, -0.1) is 0 Å². The van der Waals surface area contributed by atoms with E-state index in [1.54, 1.807) is 7.11 Å². The highest BCUT2D eigenvalue weighted by Crippen LogP contribution is 2.31. The summed E-state index contributed by atoms with van der Waals surface area (Å²) in [5.41, 5.74) is 0. The van der Waals surface area contributed by atoms with Gasteiger partial charge in [0.25, 0.3) is 0 Å². The van der Waals surface area contributed by atoms with Crippen LogP contribution in [0.3, 0.4) is 0 Å². The van der Waals surface area contributed by atoms with Crippen molar-refractivity contribution in [3.8, 4) is 5.75 Å². The van der Waals surface area contributed by atoms with Gasteiger partial charge in [-0.05, 0) is 24.3 Å². The fourth-order valence-electron chi connectivity index (χ4n) is 3.01. The van der Waals surface area contributed by atoms with Gasteiger partial charge in [0.1, 0.15) is 21.6 Å². The van der Waals surface area contributed by atoms with Gasteiger partial charge in [-0.1, -0.05) is 49.6 Å². The number of ether oxygens (including phenoxy) is 1. The molecule has 1 atom stereocenters. The van der Waals surface area contributed by atoms with Crippen molar-refractivity contribution in [1.82, 2.24) is 4.72 Å². The van der Waals surface area contributed by atoms with Crippen LogP contribution in [0.1, 0.15) is 32.1 Å². The van der Waals surface area contributed by atoms with Gasteiger partial charge in [0, 0.05) is 11.4 Å². The lowest BCUT2D eigenvalue weighted by Gasteiger charge is -2.23. The highest BCUT2D eigenvalue weighted by Gasteiger charge is 2.20. The zero-order valence-electron chi connectivity index (χ0n) is 12.3. The SMILES string of the molecule is COc1ccc2ccccc2c1S(=O)NC1CCCCC1. The Bertz CT molecular complexity index is 650. The molecule has 1 fully saturated rings. The minimum atomic E-state index is -1.24. The van der Waals surface area contributed by atoms with Crippen LogP contribution in [0.15, 0.2) is 41.3 Å². The molecule has 1 aliphatic carbocycles. The third-order valence-corrected chi connectivity index (χ3v) is 5.47. The second-order valence-corrected chi connectivity index (χ2v) is 6.72. The minimum Gasteiger partial charge on any atom is -0.495 e. The monoisotopic (exact) mass is 303 g/mol. The van der Waals surface area contributed by atoms with Crippen molar-refractivity contribution in [2.45, 2.75) is 43.0 Å². The quantitative estimate of drug-likeness (QED) is 0.933. The number of fused-ring (bicyclic) bond motifs is 1. The maximum atomic E-state index is 12.8. The summed E-state index contributed by atoms with van der Waals surface area (Å²) < 4.78 is 21.6. The number of nitrogens with one attached hydrogen (secondary N) is 1. The lowest BCUT2D eigenvalue weighted by atomic mass is 9.96. The molecule has 1 N–H and O–H groups in total. The van der Waals surface area contributed by atoms with Crippen molar-refractivity contribution in [3.05, 3.63) is 36.4 Å². The molecule has 0 bridgehead atoms. The van der Waals surface area contributed by atoms with Crippen LogP contribution in [0.5, 0.6) is 5.75 Å². The predicted molar refractivity (Wildman–Crippen MR) is 86.9 cm³/mol. The normalized spacial score (nSPS) is 17.8. The van der Waals surface area contributed by atoms with Gasteiger partial charge in [0.05, 0.1) is 7.11 Å². The van der Waals surface area contributed by atoms with Gasteiger partial charge < -0.3 is 4.74 Å². The fraction of sp³-hybridized carbons (Fsp3) is 0.412. The maximum absolute atomic E-state index is 12.8. The first kappa shape index (κ1) is 14.5. The Kier molecular flexibility index (Phi) is 4.56. The van der Waals surface area contributed by atoms with Gasteiger partial charge >= 0.3 is 0 Å². The third kappa shape index (κ3) is 3.11. The Hall–Kier alpha value is -1.39. The van der Waals surface area contributed by atoms with Gasteiger partial charge in [-0.25, -0.2) is 8.93 Å². The number of rotatable bonds is 4. The van der Waals surface area contributed by atoms with E-state index in [9.17, 15) is 4.21 Å².